The minimum atomic E-state index is -0.0656. The molecule has 0 radical (unpaired) electrons. The predicted octanol–water partition coefficient (Wildman–Crippen LogP) is 6.31. The van der Waals surface area contributed by atoms with E-state index in [0.29, 0.717) is 6.61 Å². The van der Waals surface area contributed by atoms with Gasteiger partial charge in [0.25, 0.3) is 0 Å². The van der Waals surface area contributed by atoms with Crippen LogP contribution in [0, 0.1) is 0 Å². The van der Waals surface area contributed by atoms with Gasteiger partial charge in [0.05, 0.1) is 0 Å². The van der Waals surface area contributed by atoms with Gasteiger partial charge in [-0.3, -0.25) is 0 Å². The molecule has 118 valence electrons. The molecule has 0 atom stereocenters. The lowest BCUT2D eigenvalue weighted by Crippen LogP contribution is -2.18. The molecule has 0 bridgehead atoms. The molecule has 0 saturated carbocycles. The molecule has 1 nitrogen and oxygen atoms in total. The first-order chi connectivity index (χ1) is 11.6. The molecule has 1 aliphatic carbocycles. The summed E-state index contributed by atoms with van der Waals surface area (Å²) in [6, 6.07) is 15.1. The van der Waals surface area contributed by atoms with Gasteiger partial charge in [0, 0.05) is 20.8 Å². The Morgan fingerprint density at radius 3 is 2.58 bits per heavy atom. The molecule has 0 amide bonds. The third kappa shape index (κ3) is 1.65. The van der Waals surface area contributed by atoms with Gasteiger partial charge in [-0.15, -0.1) is 0 Å². The monoisotopic (exact) mass is 376 g/mol. The van der Waals surface area contributed by atoms with Crippen LogP contribution < -0.4 is 4.74 Å². The van der Waals surface area contributed by atoms with Crippen molar-refractivity contribution in [3.8, 4) is 16.9 Å². The second-order valence-electron chi connectivity index (χ2n) is 7.04. The summed E-state index contributed by atoms with van der Waals surface area (Å²) in [7, 11) is 0. The van der Waals surface area contributed by atoms with Crippen molar-refractivity contribution < 1.29 is 4.74 Å². The normalized spacial score (nSPS) is 16.5. The molecule has 0 fully saturated rings. The van der Waals surface area contributed by atoms with Crippen molar-refractivity contribution in [2.24, 2.45) is 0 Å². The fourth-order valence-electron chi connectivity index (χ4n) is 4.46. The summed E-state index contributed by atoms with van der Waals surface area (Å²) in [6.45, 7) is 5.28. The van der Waals surface area contributed by atoms with E-state index in [1.54, 1.807) is 0 Å². The van der Waals surface area contributed by atoms with Gasteiger partial charge >= 0.3 is 0 Å². The van der Waals surface area contributed by atoms with E-state index >= 15 is 0 Å². The molecule has 5 rings (SSSR count). The molecular formula is C22H17BrO. The molecule has 0 spiro atoms. The molecule has 3 aromatic rings. The maximum Gasteiger partial charge on any atom is 0.135 e. The topological polar surface area (TPSA) is 9.23 Å². The summed E-state index contributed by atoms with van der Waals surface area (Å²) in [4.78, 5) is 0. The zero-order valence-electron chi connectivity index (χ0n) is 13.7. The molecule has 0 aromatic heterocycles. The van der Waals surface area contributed by atoms with Crippen LogP contribution in [0.4, 0.5) is 0 Å². The van der Waals surface area contributed by atoms with Gasteiger partial charge in [-0.2, -0.15) is 0 Å². The van der Waals surface area contributed by atoms with Gasteiger partial charge in [0.2, 0.25) is 0 Å². The molecular weight excluding hydrogens is 360 g/mol. The summed E-state index contributed by atoms with van der Waals surface area (Å²) in [5, 5.41) is 2.49. The van der Waals surface area contributed by atoms with Crippen LogP contribution in [0.3, 0.4) is 0 Å². The lowest BCUT2D eigenvalue weighted by atomic mass is 9.78. The Balaban J connectivity index is 2.06. The number of hydrogen-bond donors (Lipinski definition) is 0. The van der Waals surface area contributed by atoms with Gasteiger partial charge < -0.3 is 4.74 Å². The van der Waals surface area contributed by atoms with Crippen molar-refractivity contribution in [2.45, 2.75) is 19.3 Å². The first-order valence-electron chi connectivity index (χ1n) is 8.28. The maximum atomic E-state index is 6.09. The van der Waals surface area contributed by atoms with E-state index in [-0.39, 0.29) is 5.41 Å². The summed E-state index contributed by atoms with van der Waals surface area (Å²) < 4.78 is 7.27. The first kappa shape index (κ1) is 14.3. The van der Waals surface area contributed by atoms with Crippen LogP contribution >= 0.6 is 15.9 Å². The highest BCUT2D eigenvalue weighted by atomic mass is 79.9. The van der Waals surface area contributed by atoms with E-state index in [9.17, 15) is 0 Å². The highest BCUT2D eigenvalue weighted by molar-refractivity contribution is 9.10. The van der Waals surface area contributed by atoms with E-state index in [0.717, 1.165) is 5.75 Å². The number of fused-ring (bicyclic) bond motifs is 8. The smallest absolute Gasteiger partial charge is 0.135 e. The molecule has 0 N–H and O–H groups in total. The third-order valence-electron chi connectivity index (χ3n) is 5.35. The Hall–Kier alpha value is -2.06. The second-order valence-corrected chi connectivity index (χ2v) is 7.89. The molecule has 0 saturated heterocycles. The largest absolute Gasteiger partial charge is 0.488 e. The highest BCUT2D eigenvalue weighted by Gasteiger charge is 2.41. The minimum Gasteiger partial charge on any atom is -0.488 e. The third-order valence-corrected chi connectivity index (χ3v) is 6.01. The Morgan fingerprint density at radius 1 is 0.958 bits per heavy atom. The van der Waals surface area contributed by atoms with Gasteiger partial charge in [0.15, 0.2) is 0 Å². The summed E-state index contributed by atoms with van der Waals surface area (Å²) in [5.74, 6) is 1.03. The van der Waals surface area contributed by atoms with Crippen molar-refractivity contribution in [3.63, 3.8) is 0 Å². The maximum absolute atomic E-state index is 6.09. The zero-order chi connectivity index (χ0) is 16.5. The first-order valence-corrected chi connectivity index (χ1v) is 9.08. The molecule has 2 heteroatoms. The van der Waals surface area contributed by atoms with Crippen LogP contribution in [0.1, 0.15) is 30.5 Å². The van der Waals surface area contributed by atoms with E-state index in [1.165, 1.54) is 43.1 Å². The quantitative estimate of drug-likeness (QED) is 0.446. The van der Waals surface area contributed by atoms with Crippen molar-refractivity contribution in [2.75, 3.05) is 6.61 Å². The number of hydrogen-bond acceptors (Lipinski definition) is 1. The van der Waals surface area contributed by atoms with Crippen LogP contribution in [-0.4, -0.2) is 6.61 Å². The fourth-order valence-corrected chi connectivity index (χ4v) is 5.32. The molecule has 0 unspecified atom stereocenters. The number of ether oxygens (including phenoxy) is 1. The number of benzene rings is 3. The van der Waals surface area contributed by atoms with Crippen LogP contribution in [0.5, 0.6) is 5.75 Å². The van der Waals surface area contributed by atoms with Crippen LogP contribution in [-0.2, 0) is 5.41 Å². The van der Waals surface area contributed by atoms with Crippen molar-refractivity contribution in [1.82, 2.24) is 0 Å². The van der Waals surface area contributed by atoms with E-state index in [2.05, 4.69) is 84.4 Å². The van der Waals surface area contributed by atoms with Crippen molar-refractivity contribution >= 4 is 32.8 Å². The lowest BCUT2D eigenvalue weighted by molar-refractivity contribution is 0.362. The van der Waals surface area contributed by atoms with Gasteiger partial charge in [-0.1, -0.05) is 72.3 Å². The Labute approximate surface area is 150 Å². The van der Waals surface area contributed by atoms with Crippen LogP contribution in [0.15, 0.2) is 53.0 Å². The van der Waals surface area contributed by atoms with Crippen molar-refractivity contribution in [1.29, 1.82) is 0 Å². The lowest BCUT2D eigenvalue weighted by Gasteiger charge is -2.27. The minimum absolute atomic E-state index is 0.0656. The van der Waals surface area contributed by atoms with E-state index in [1.807, 2.05) is 0 Å². The highest BCUT2D eigenvalue weighted by Crippen LogP contribution is 2.57. The average molecular weight is 377 g/mol. The van der Waals surface area contributed by atoms with Crippen LogP contribution in [0.25, 0.3) is 28.0 Å². The van der Waals surface area contributed by atoms with Gasteiger partial charge in [-0.25, -0.2) is 0 Å². The molecule has 1 heterocycles. The Morgan fingerprint density at radius 2 is 1.75 bits per heavy atom. The number of halogens is 1. The fraction of sp³-hybridized carbons (Fsp3) is 0.182. The predicted molar refractivity (Wildman–Crippen MR) is 104 cm³/mol. The van der Waals surface area contributed by atoms with E-state index in [4.69, 9.17) is 4.74 Å². The van der Waals surface area contributed by atoms with Crippen LogP contribution in [0.2, 0.25) is 0 Å². The van der Waals surface area contributed by atoms with Gasteiger partial charge in [-0.05, 0) is 39.8 Å². The summed E-state index contributed by atoms with van der Waals surface area (Å²) in [6.07, 6.45) is 4.36. The molecule has 1 aliphatic heterocycles. The SMILES string of the molecule is CC1(C)c2c(Br)cccc2-c2c1c1c(c3ccccc23)OCC=C1. The molecule has 3 aromatic carbocycles. The van der Waals surface area contributed by atoms with E-state index < -0.39 is 0 Å². The Kier molecular flexibility index (Phi) is 2.82. The molecule has 2 aliphatic rings. The number of rotatable bonds is 0. The summed E-state index contributed by atoms with van der Waals surface area (Å²) >= 11 is 3.79. The zero-order valence-corrected chi connectivity index (χ0v) is 15.3. The van der Waals surface area contributed by atoms with Gasteiger partial charge in [0.1, 0.15) is 12.4 Å². The molecule has 24 heavy (non-hydrogen) atoms. The average Bonchev–Trinajstić information content (AvgIpc) is 2.84. The standard InChI is InChI=1S/C22H17BrO/c1-22(2)19-15(9-5-11-17(19)23)18-13-7-3-4-8-14(13)21-16(20(18)22)10-6-12-24-21/h3-11H,12H2,1-2H3. The van der Waals surface area contributed by atoms with Crippen molar-refractivity contribution in [3.05, 3.63) is 69.7 Å². The Bertz CT molecular complexity index is 1040. The second kappa shape index (κ2) is 4.73. The summed E-state index contributed by atoms with van der Waals surface area (Å²) in [5.41, 5.74) is 6.63.